The van der Waals surface area contributed by atoms with Crippen LogP contribution in [0.25, 0.3) is 0 Å². The van der Waals surface area contributed by atoms with Gasteiger partial charge in [-0.3, -0.25) is 4.79 Å². The first-order chi connectivity index (χ1) is 15.2. The van der Waals surface area contributed by atoms with E-state index in [0.717, 1.165) is 49.4 Å². The van der Waals surface area contributed by atoms with Crippen LogP contribution in [-0.4, -0.2) is 12.1 Å². The van der Waals surface area contributed by atoms with Crippen molar-refractivity contribution in [1.82, 2.24) is 0 Å². The van der Waals surface area contributed by atoms with Crippen molar-refractivity contribution in [2.24, 2.45) is 29.6 Å². The van der Waals surface area contributed by atoms with Crippen LogP contribution in [0.5, 0.6) is 0 Å². The molecule has 3 aliphatic carbocycles. The number of carbonyl (C=O) groups excluding carboxylic acids is 1. The second-order valence-corrected chi connectivity index (χ2v) is 11.5. The molecule has 31 heavy (non-hydrogen) atoms. The third kappa shape index (κ3) is 8.39. The summed E-state index contributed by atoms with van der Waals surface area (Å²) in [6.07, 6.45) is 26.7. The summed E-state index contributed by atoms with van der Waals surface area (Å²) in [6.45, 7) is 4.59. The quantitative estimate of drug-likeness (QED) is 0.241. The van der Waals surface area contributed by atoms with Gasteiger partial charge in [0.2, 0.25) is 0 Å². The monoisotopic (exact) mass is 432 g/mol. The molecule has 0 aromatic heterocycles. The van der Waals surface area contributed by atoms with E-state index in [1.807, 2.05) is 0 Å². The lowest BCUT2D eigenvalue weighted by atomic mass is 9.68. The third-order valence-electron chi connectivity index (χ3n) is 9.17. The number of unbranched alkanes of at least 4 members (excludes halogenated alkanes) is 4. The summed E-state index contributed by atoms with van der Waals surface area (Å²) in [6, 6.07) is 0. The van der Waals surface area contributed by atoms with Gasteiger partial charge < -0.3 is 4.74 Å². The van der Waals surface area contributed by atoms with Crippen LogP contribution in [0.2, 0.25) is 0 Å². The highest BCUT2D eigenvalue weighted by molar-refractivity contribution is 5.72. The van der Waals surface area contributed by atoms with Crippen molar-refractivity contribution < 1.29 is 9.53 Å². The average molecular weight is 433 g/mol. The van der Waals surface area contributed by atoms with Crippen molar-refractivity contribution in [1.29, 1.82) is 0 Å². The summed E-state index contributed by atoms with van der Waals surface area (Å²) in [5.41, 5.74) is 0. The van der Waals surface area contributed by atoms with E-state index in [-0.39, 0.29) is 18.0 Å². The van der Waals surface area contributed by atoms with Crippen molar-refractivity contribution in [3.8, 4) is 0 Å². The van der Waals surface area contributed by atoms with Gasteiger partial charge in [0.25, 0.3) is 0 Å². The van der Waals surface area contributed by atoms with Crippen molar-refractivity contribution >= 4 is 5.97 Å². The Morgan fingerprint density at radius 2 is 1.06 bits per heavy atom. The number of carbonyl (C=O) groups is 1. The lowest BCUT2D eigenvalue weighted by molar-refractivity contribution is -0.157. The SMILES string of the molecule is CCCCCC1CCC(OC(=O)C2CCC(C3CCC(CCCCC)CC3)CC2)CC1. The number of rotatable bonds is 11. The highest BCUT2D eigenvalue weighted by Crippen LogP contribution is 2.43. The van der Waals surface area contributed by atoms with Crippen LogP contribution in [0.4, 0.5) is 0 Å². The number of esters is 1. The van der Waals surface area contributed by atoms with E-state index in [1.165, 1.54) is 103 Å². The van der Waals surface area contributed by atoms with Crippen LogP contribution in [0.1, 0.15) is 142 Å². The topological polar surface area (TPSA) is 26.3 Å². The van der Waals surface area contributed by atoms with Crippen LogP contribution in [-0.2, 0) is 9.53 Å². The van der Waals surface area contributed by atoms with E-state index in [0.29, 0.717) is 0 Å². The predicted molar refractivity (Wildman–Crippen MR) is 131 cm³/mol. The Balaban J connectivity index is 1.28. The molecule has 0 radical (unpaired) electrons. The van der Waals surface area contributed by atoms with Crippen LogP contribution >= 0.6 is 0 Å². The maximum atomic E-state index is 12.8. The van der Waals surface area contributed by atoms with Gasteiger partial charge in [-0.25, -0.2) is 0 Å². The molecule has 3 rings (SSSR count). The fourth-order valence-corrected chi connectivity index (χ4v) is 6.94. The summed E-state index contributed by atoms with van der Waals surface area (Å²) >= 11 is 0. The molecule has 3 saturated carbocycles. The van der Waals surface area contributed by atoms with Gasteiger partial charge in [0.1, 0.15) is 6.10 Å². The second kappa shape index (κ2) is 13.9. The fourth-order valence-electron chi connectivity index (χ4n) is 6.94. The van der Waals surface area contributed by atoms with E-state index in [1.54, 1.807) is 0 Å². The van der Waals surface area contributed by atoms with Crippen LogP contribution < -0.4 is 0 Å². The van der Waals surface area contributed by atoms with Gasteiger partial charge in [0, 0.05) is 0 Å². The molecule has 0 bridgehead atoms. The van der Waals surface area contributed by atoms with Gasteiger partial charge >= 0.3 is 5.97 Å². The Bertz CT molecular complexity index is 477. The molecule has 0 saturated heterocycles. The maximum absolute atomic E-state index is 12.8. The summed E-state index contributed by atoms with van der Waals surface area (Å²) < 4.78 is 6.01. The highest BCUT2D eigenvalue weighted by atomic mass is 16.5. The lowest BCUT2D eigenvalue weighted by Crippen LogP contribution is -2.32. The standard InChI is InChI=1S/C29H52O2/c1-3-5-7-9-23-11-15-25(16-12-23)26-17-19-27(20-18-26)29(30)31-28-21-13-24(14-22-28)10-8-6-4-2/h23-28H,3-22H2,1-2H3. The van der Waals surface area contributed by atoms with Gasteiger partial charge in [-0.1, -0.05) is 78.1 Å². The predicted octanol–water partition coefficient (Wildman–Crippen LogP) is 8.86. The van der Waals surface area contributed by atoms with E-state index in [4.69, 9.17) is 4.74 Å². The molecule has 0 aromatic rings. The molecule has 3 fully saturated rings. The summed E-state index contributed by atoms with van der Waals surface area (Å²) in [7, 11) is 0. The molecule has 0 amide bonds. The van der Waals surface area contributed by atoms with Crippen LogP contribution in [0, 0.1) is 29.6 Å². The first kappa shape index (κ1) is 25.1. The van der Waals surface area contributed by atoms with Crippen molar-refractivity contribution in [2.45, 2.75) is 148 Å². The zero-order valence-corrected chi connectivity index (χ0v) is 20.9. The zero-order chi connectivity index (χ0) is 21.9. The molecule has 0 aliphatic heterocycles. The first-order valence-corrected chi connectivity index (χ1v) is 14.4. The van der Waals surface area contributed by atoms with Crippen LogP contribution in [0.15, 0.2) is 0 Å². The lowest BCUT2D eigenvalue weighted by Gasteiger charge is -2.38. The first-order valence-electron chi connectivity index (χ1n) is 14.4. The van der Waals surface area contributed by atoms with E-state index < -0.39 is 0 Å². The Morgan fingerprint density at radius 3 is 1.55 bits per heavy atom. The molecule has 3 aliphatic rings. The molecule has 0 unspecified atom stereocenters. The molecule has 0 spiro atoms. The largest absolute Gasteiger partial charge is 0.462 e. The Kier molecular flexibility index (Phi) is 11.2. The smallest absolute Gasteiger partial charge is 0.309 e. The van der Waals surface area contributed by atoms with Gasteiger partial charge in [0.05, 0.1) is 5.92 Å². The van der Waals surface area contributed by atoms with Gasteiger partial charge in [-0.15, -0.1) is 0 Å². The van der Waals surface area contributed by atoms with Crippen molar-refractivity contribution in [3.63, 3.8) is 0 Å². The summed E-state index contributed by atoms with van der Waals surface area (Å²) in [5, 5.41) is 0. The Morgan fingerprint density at radius 1 is 0.613 bits per heavy atom. The van der Waals surface area contributed by atoms with Gasteiger partial charge in [-0.05, 0) is 87.9 Å². The second-order valence-electron chi connectivity index (χ2n) is 11.5. The molecule has 0 atom stereocenters. The van der Waals surface area contributed by atoms with Crippen molar-refractivity contribution in [2.75, 3.05) is 0 Å². The minimum atomic E-state index is 0.146. The summed E-state index contributed by atoms with van der Waals surface area (Å²) in [4.78, 5) is 12.8. The molecule has 180 valence electrons. The molecule has 0 N–H and O–H groups in total. The Labute approximate surface area is 193 Å². The van der Waals surface area contributed by atoms with Crippen molar-refractivity contribution in [3.05, 3.63) is 0 Å². The maximum Gasteiger partial charge on any atom is 0.309 e. The van der Waals surface area contributed by atoms with Gasteiger partial charge in [0.15, 0.2) is 0 Å². The van der Waals surface area contributed by atoms with Crippen LogP contribution in [0.3, 0.4) is 0 Å². The van der Waals surface area contributed by atoms with Gasteiger partial charge in [-0.2, -0.15) is 0 Å². The fraction of sp³-hybridized carbons (Fsp3) is 0.966. The normalized spacial score (nSPS) is 34.4. The number of ether oxygens (including phenoxy) is 1. The molecular weight excluding hydrogens is 380 g/mol. The summed E-state index contributed by atoms with van der Waals surface area (Å²) in [5.74, 6) is 4.08. The minimum absolute atomic E-state index is 0.146. The number of hydrogen-bond acceptors (Lipinski definition) is 2. The molecular formula is C29H52O2. The van der Waals surface area contributed by atoms with E-state index in [9.17, 15) is 4.79 Å². The molecule has 0 heterocycles. The third-order valence-corrected chi connectivity index (χ3v) is 9.17. The average Bonchev–Trinajstić information content (AvgIpc) is 2.81. The molecule has 0 aromatic carbocycles. The zero-order valence-electron chi connectivity index (χ0n) is 20.9. The molecule has 2 nitrogen and oxygen atoms in total. The molecule has 2 heteroatoms. The minimum Gasteiger partial charge on any atom is -0.462 e. The van der Waals surface area contributed by atoms with E-state index in [2.05, 4.69) is 13.8 Å². The van der Waals surface area contributed by atoms with E-state index >= 15 is 0 Å². The number of hydrogen-bond donors (Lipinski definition) is 0. The highest BCUT2D eigenvalue weighted by Gasteiger charge is 2.34. The Hall–Kier alpha value is -0.530.